The van der Waals surface area contributed by atoms with Crippen LogP contribution in [0.15, 0.2) is 36.4 Å². The maximum absolute atomic E-state index is 6.61. The second-order valence-corrected chi connectivity index (χ2v) is 10.2. The molecule has 2 fully saturated rings. The second kappa shape index (κ2) is 10.0. The van der Waals surface area contributed by atoms with Crippen molar-refractivity contribution in [3.05, 3.63) is 42.0 Å². The first-order valence-corrected chi connectivity index (χ1v) is 12.5. The van der Waals surface area contributed by atoms with Crippen LogP contribution in [0.4, 0.5) is 0 Å². The number of nitrogens with zero attached hydrogens (tertiary/aromatic N) is 1. The third-order valence-electron chi connectivity index (χ3n) is 8.04. The monoisotopic (exact) mass is 459 g/mol. The zero-order chi connectivity index (χ0) is 23.5. The Morgan fingerprint density at radius 1 is 1.03 bits per heavy atom. The summed E-state index contributed by atoms with van der Waals surface area (Å²) in [6.07, 6.45) is 7.93. The van der Waals surface area contributed by atoms with Crippen LogP contribution in [-0.2, 0) is 25.5 Å². The van der Waals surface area contributed by atoms with Crippen molar-refractivity contribution >= 4 is 0 Å². The number of hydrogen-bond donors (Lipinski definition) is 0. The Kier molecular flexibility index (Phi) is 7.51. The van der Waals surface area contributed by atoms with E-state index in [9.17, 15) is 0 Å². The van der Waals surface area contributed by atoms with E-state index in [1.54, 1.807) is 0 Å². The minimum absolute atomic E-state index is 0.154. The van der Waals surface area contributed by atoms with Gasteiger partial charge in [-0.15, -0.1) is 0 Å². The normalized spacial score (nSPS) is 33.7. The van der Waals surface area contributed by atoms with E-state index in [0.717, 1.165) is 38.0 Å². The fraction of sp³-hybridized carbons (Fsp3) is 0.704. The molecule has 0 amide bonds. The van der Waals surface area contributed by atoms with Crippen LogP contribution in [0.3, 0.4) is 0 Å². The molecule has 1 aromatic carbocycles. The molecule has 6 heteroatoms. The summed E-state index contributed by atoms with van der Waals surface area (Å²) < 4.78 is 23.8. The molecule has 0 saturated carbocycles. The van der Waals surface area contributed by atoms with Crippen molar-refractivity contribution < 1.29 is 23.8 Å². The van der Waals surface area contributed by atoms with Crippen LogP contribution in [0.25, 0.3) is 0 Å². The van der Waals surface area contributed by atoms with Gasteiger partial charge in [-0.3, -0.25) is 4.84 Å². The predicted molar refractivity (Wildman–Crippen MR) is 128 cm³/mol. The van der Waals surface area contributed by atoms with E-state index in [0.29, 0.717) is 26.4 Å². The molecule has 3 heterocycles. The maximum atomic E-state index is 6.61. The Morgan fingerprint density at radius 2 is 1.70 bits per heavy atom. The SMILES string of the molecule is CCC1(C)CC2(OCC=CCO2)C(C)C(C)(CC)N1OCCc1ccc(OCC2CO2)cc1. The first kappa shape index (κ1) is 24.7. The zero-order valence-corrected chi connectivity index (χ0v) is 21.0. The number of hydroxylamine groups is 2. The zero-order valence-electron chi connectivity index (χ0n) is 21.0. The molecule has 0 bridgehead atoms. The summed E-state index contributed by atoms with van der Waals surface area (Å²) in [7, 11) is 0. The average Bonchev–Trinajstić information content (AvgIpc) is 3.67. The largest absolute Gasteiger partial charge is 0.491 e. The molecule has 6 nitrogen and oxygen atoms in total. The van der Waals surface area contributed by atoms with Crippen LogP contribution < -0.4 is 4.74 Å². The Morgan fingerprint density at radius 3 is 2.27 bits per heavy atom. The average molecular weight is 460 g/mol. The standard InChI is InChI=1S/C27H41NO5/c1-6-25(4)20-27(31-15-8-9-16-32-27)21(3)26(5,7-2)28(25)33-17-14-22-10-12-23(13-11-22)29-18-24-19-30-24/h8-13,21,24H,6-7,14-20H2,1-5H3. The number of epoxide rings is 1. The van der Waals surface area contributed by atoms with E-state index >= 15 is 0 Å². The molecule has 3 aliphatic rings. The van der Waals surface area contributed by atoms with Crippen molar-refractivity contribution in [2.75, 3.05) is 33.0 Å². The third-order valence-corrected chi connectivity index (χ3v) is 8.04. The topological polar surface area (TPSA) is 52.7 Å². The lowest BCUT2D eigenvalue weighted by Gasteiger charge is -2.62. The molecule has 2 saturated heterocycles. The molecule has 4 atom stereocenters. The van der Waals surface area contributed by atoms with E-state index in [2.05, 4.69) is 64.0 Å². The maximum Gasteiger partial charge on any atom is 0.175 e. The van der Waals surface area contributed by atoms with Gasteiger partial charge in [0.05, 0.1) is 32.0 Å². The van der Waals surface area contributed by atoms with Crippen molar-refractivity contribution in [3.63, 3.8) is 0 Å². The van der Waals surface area contributed by atoms with E-state index in [4.69, 9.17) is 23.8 Å². The Hall–Kier alpha value is -1.44. The Labute approximate surface area is 199 Å². The van der Waals surface area contributed by atoms with Crippen LogP contribution in [0.2, 0.25) is 0 Å². The van der Waals surface area contributed by atoms with Gasteiger partial charge in [-0.2, -0.15) is 5.06 Å². The van der Waals surface area contributed by atoms with Gasteiger partial charge in [-0.1, -0.05) is 45.1 Å². The highest BCUT2D eigenvalue weighted by Crippen LogP contribution is 2.52. The van der Waals surface area contributed by atoms with Crippen LogP contribution >= 0.6 is 0 Å². The van der Waals surface area contributed by atoms with Gasteiger partial charge in [-0.05, 0) is 50.8 Å². The first-order valence-electron chi connectivity index (χ1n) is 12.5. The summed E-state index contributed by atoms with van der Waals surface area (Å²) in [5, 5.41) is 2.29. The van der Waals surface area contributed by atoms with Gasteiger partial charge in [0, 0.05) is 17.9 Å². The summed E-state index contributed by atoms with van der Waals surface area (Å²) in [6.45, 7) is 14.6. The number of rotatable bonds is 9. The fourth-order valence-electron chi connectivity index (χ4n) is 5.31. The summed E-state index contributed by atoms with van der Waals surface area (Å²) in [5.41, 5.74) is 0.838. The van der Waals surface area contributed by atoms with Gasteiger partial charge in [0.1, 0.15) is 18.5 Å². The molecule has 1 spiro atoms. The van der Waals surface area contributed by atoms with Crippen LogP contribution in [0.5, 0.6) is 5.75 Å². The number of ether oxygens (including phenoxy) is 4. The molecule has 1 aromatic rings. The first-order chi connectivity index (χ1) is 15.9. The smallest absolute Gasteiger partial charge is 0.175 e. The van der Waals surface area contributed by atoms with Crippen LogP contribution in [0.1, 0.15) is 59.4 Å². The molecular weight excluding hydrogens is 418 g/mol. The summed E-state index contributed by atoms with van der Waals surface area (Å²) in [6, 6.07) is 8.31. The highest BCUT2D eigenvalue weighted by Gasteiger charge is 2.61. The van der Waals surface area contributed by atoms with Crippen LogP contribution in [0, 0.1) is 5.92 Å². The third kappa shape index (κ3) is 5.15. The Balaban J connectivity index is 1.43. The summed E-state index contributed by atoms with van der Waals surface area (Å²) in [5.74, 6) is 0.446. The van der Waals surface area contributed by atoms with Gasteiger partial charge < -0.3 is 18.9 Å². The highest BCUT2D eigenvalue weighted by molar-refractivity contribution is 5.27. The molecule has 0 radical (unpaired) electrons. The lowest BCUT2D eigenvalue weighted by Crippen LogP contribution is -2.72. The molecule has 4 rings (SSSR count). The van der Waals surface area contributed by atoms with Crippen molar-refractivity contribution in [3.8, 4) is 5.75 Å². The van der Waals surface area contributed by atoms with Gasteiger partial charge >= 0.3 is 0 Å². The van der Waals surface area contributed by atoms with Gasteiger partial charge in [0.2, 0.25) is 0 Å². The molecule has 4 unspecified atom stereocenters. The molecular formula is C27H41NO5. The highest BCUT2D eigenvalue weighted by atomic mass is 16.7. The summed E-state index contributed by atoms with van der Waals surface area (Å²) in [4.78, 5) is 6.61. The van der Waals surface area contributed by atoms with Crippen molar-refractivity contribution in [2.24, 2.45) is 5.92 Å². The number of hydrogen-bond acceptors (Lipinski definition) is 6. The van der Waals surface area contributed by atoms with Crippen molar-refractivity contribution in [1.82, 2.24) is 5.06 Å². The molecule has 33 heavy (non-hydrogen) atoms. The van der Waals surface area contributed by atoms with Crippen molar-refractivity contribution in [1.29, 1.82) is 0 Å². The second-order valence-electron chi connectivity index (χ2n) is 10.2. The fourth-order valence-corrected chi connectivity index (χ4v) is 5.31. The van der Waals surface area contributed by atoms with E-state index in [1.165, 1.54) is 5.56 Å². The molecule has 0 N–H and O–H groups in total. The minimum Gasteiger partial charge on any atom is -0.491 e. The van der Waals surface area contributed by atoms with Crippen molar-refractivity contribution in [2.45, 2.75) is 83.3 Å². The Bertz CT molecular complexity index is 797. The molecule has 0 aromatic heterocycles. The predicted octanol–water partition coefficient (Wildman–Crippen LogP) is 4.92. The lowest BCUT2D eigenvalue weighted by molar-refractivity contribution is -0.382. The van der Waals surface area contributed by atoms with Gasteiger partial charge in [0.25, 0.3) is 0 Å². The molecule has 3 aliphatic heterocycles. The van der Waals surface area contributed by atoms with Crippen LogP contribution in [-0.4, -0.2) is 61.1 Å². The number of piperidine rings is 1. The van der Waals surface area contributed by atoms with Gasteiger partial charge in [-0.25, -0.2) is 0 Å². The van der Waals surface area contributed by atoms with Gasteiger partial charge in [0.15, 0.2) is 5.79 Å². The summed E-state index contributed by atoms with van der Waals surface area (Å²) >= 11 is 0. The molecule has 184 valence electrons. The van der Waals surface area contributed by atoms with E-state index in [-0.39, 0.29) is 23.1 Å². The minimum atomic E-state index is -0.597. The van der Waals surface area contributed by atoms with E-state index in [1.807, 2.05) is 12.1 Å². The van der Waals surface area contributed by atoms with E-state index < -0.39 is 5.79 Å². The number of benzene rings is 1. The molecule has 0 aliphatic carbocycles. The quantitative estimate of drug-likeness (QED) is 0.386. The lowest BCUT2D eigenvalue weighted by atomic mass is 9.67.